The fourth-order valence-electron chi connectivity index (χ4n) is 6.33. The van der Waals surface area contributed by atoms with Gasteiger partial charge in [0.1, 0.15) is 5.82 Å². The number of benzene rings is 1. The van der Waals surface area contributed by atoms with Crippen LogP contribution >= 0.6 is 11.8 Å². The predicted molar refractivity (Wildman–Crippen MR) is 152 cm³/mol. The second kappa shape index (κ2) is 11.6. The van der Waals surface area contributed by atoms with Crippen LogP contribution in [0.3, 0.4) is 0 Å². The molecule has 4 heterocycles. The average Bonchev–Trinajstić information content (AvgIpc) is 3.32. The number of hydrogen-bond acceptors (Lipinski definition) is 6. The number of nitrogens with zero attached hydrogens (tertiary/aromatic N) is 5. The van der Waals surface area contributed by atoms with Crippen molar-refractivity contribution in [1.82, 2.24) is 24.0 Å². The van der Waals surface area contributed by atoms with E-state index in [1.165, 1.54) is 57.3 Å². The van der Waals surface area contributed by atoms with Crippen molar-refractivity contribution in [2.75, 3.05) is 29.9 Å². The molecule has 1 saturated carbocycles. The highest BCUT2D eigenvalue weighted by molar-refractivity contribution is 7.99. The van der Waals surface area contributed by atoms with Gasteiger partial charge in [-0.2, -0.15) is 11.8 Å². The molecule has 1 aliphatic carbocycles. The summed E-state index contributed by atoms with van der Waals surface area (Å²) in [4.78, 5) is 25.8. The lowest BCUT2D eigenvalue weighted by Crippen LogP contribution is -2.43. The Labute approximate surface area is 227 Å². The van der Waals surface area contributed by atoms with E-state index in [1.807, 2.05) is 28.6 Å². The van der Waals surface area contributed by atoms with E-state index >= 15 is 0 Å². The van der Waals surface area contributed by atoms with E-state index in [2.05, 4.69) is 15.2 Å². The Kier molecular flexibility index (Phi) is 7.83. The Bertz CT molecular complexity index is 1270. The molecule has 1 N–H and O–H groups in total. The maximum absolute atomic E-state index is 13.7. The van der Waals surface area contributed by atoms with Gasteiger partial charge in [-0.05, 0) is 106 Å². The number of aromatic nitrogens is 4. The van der Waals surface area contributed by atoms with E-state index in [0.717, 1.165) is 37.2 Å². The molecule has 3 fully saturated rings. The van der Waals surface area contributed by atoms with Gasteiger partial charge in [-0.1, -0.05) is 6.42 Å². The van der Waals surface area contributed by atoms with E-state index < -0.39 is 0 Å². The minimum Gasteiger partial charge on any atom is -0.351 e. The second-order valence-corrected chi connectivity index (χ2v) is 12.1. The van der Waals surface area contributed by atoms with Gasteiger partial charge >= 0.3 is 5.69 Å². The summed E-state index contributed by atoms with van der Waals surface area (Å²) < 4.78 is 17.2. The van der Waals surface area contributed by atoms with Gasteiger partial charge in [-0.3, -0.25) is 9.13 Å². The van der Waals surface area contributed by atoms with Gasteiger partial charge in [0.25, 0.3) is 0 Å². The fourth-order valence-corrected chi connectivity index (χ4v) is 7.41. The minimum absolute atomic E-state index is 0.104. The third-order valence-corrected chi connectivity index (χ3v) is 9.49. The van der Waals surface area contributed by atoms with Gasteiger partial charge in [-0.15, -0.1) is 0 Å². The monoisotopic (exact) mass is 536 g/mol. The van der Waals surface area contributed by atoms with Crippen molar-refractivity contribution in [3.63, 3.8) is 0 Å². The van der Waals surface area contributed by atoms with E-state index in [0.29, 0.717) is 35.1 Å². The lowest BCUT2D eigenvalue weighted by Gasteiger charge is -2.39. The Balaban J connectivity index is 1.24. The number of likely N-dealkylation sites (tertiary alicyclic amines) is 1. The number of rotatable bonds is 6. The molecule has 1 aromatic carbocycles. The molecule has 3 aromatic rings. The van der Waals surface area contributed by atoms with Crippen molar-refractivity contribution in [3.8, 4) is 17.1 Å². The Morgan fingerprint density at radius 3 is 2.37 bits per heavy atom. The number of hydrogen-bond donors (Lipinski definition) is 1. The molecule has 202 valence electrons. The van der Waals surface area contributed by atoms with E-state index in [9.17, 15) is 9.18 Å². The third kappa shape index (κ3) is 5.54. The first kappa shape index (κ1) is 25.6. The molecule has 2 aliphatic heterocycles. The van der Waals surface area contributed by atoms with E-state index in [-0.39, 0.29) is 17.5 Å². The van der Waals surface area contributed by atoms with Crippen LogP contribution in [0.25, 0.3) is 17.1 Å². The van der Waals surface area contributed by atoms with Crippen LogP contribution in [0.4, 0.5) is 10.3 Å². The second-order valence-electron chi connectivity index (χ2n) is 10.9. The van der Waals surface area contributed by atoms with Crippen molar-refractivity contribution in [2.45, 2.75) is 75.9 Å². The van der Waals surface area contributed by atoms with Crippen LogP contribution in [0.2, 0.25) is 0 Å². The molecule has 38 heavy (non-hydrogen) atoms. The van der Waals surface area contributed by atoms with Crippen molar-refractivity contribution >= 4 is 17.7 Å². The van der Waals surface area contributed by atoms with Crippen molar-refractivity contribution in [3.05, 3.63) is 59.0 Å². The first-order chi connectivity index (χ1) is 18.7. The highest BCUT2D eigenvalue weighted by Gasteiger charge is 2.27. The van der Waals surface area contributed by atoms with Gasteiger partial charge in [0.15, 0.2) is 0 Å². The smallest absolute Gasteiger partial charge is 0.333 e. The Morgan fingerprint density at radius 2 is 1.63 bits per heavy atom. The average molecular weight is 537 g/mol. The van der Waals surface area contributed by atoms with Crippen LogP contribution in [-0.2, 0) is 0 Å². The van der Waals surface area contributed by atoms with Crippen LogP contribution in [-0.4, -0.2) is 60.7 Å². The van der Waals surface area contributed by atoms with Gasteiger partial charge in [-0.25, -0.2) is 19.2 Å². The predicted octanol–water partition coefficient (Wildman–Crippen LogP) is 5.51. The van der Waals surface area contributed by atoms with Gasteiger partial charge in [0.2, 0.25) is 5.95 Å². The summed E-state index contributed by atoms with van der Waals surface area (Å²) in [5.74, 6) is 2.38. The normalized spacial score (nSPS) is 23.4. The van der Waals surface area contributed by atoms with Crippen LogP contribution in [0, 0.1) is 5.82 Å². The summed E-state index contributed by atoms with van der Waals surface area (Å²) in [5, 5.41) is 3.58. The fraction of sp³-hybridized carbons (Fsp3) is 0.552. The maximum atomic E-state index is 13.7. The van der Waals surface area contributed by atoms with E-state index in [1.54, 1.807) is 22.9 Å². The molecule has 2 aromatic heterocycles. The molecule has 0 bridgehead atoms. The van der Waals surface area contributed by atoms with Crippen LogP contribution < -0.4 is 11.0 Å². The lowest BCUT2D eigenvalue weighted by molar-refractivity contribution is 0.127. The zero-order valence-corrected chi connectivity index (χ0v) is 22.7. The molecule has 0 atom stereocenters. The van der Waals surface area contributed by atoms with E-state index in [4.69, 9.17) is 4.98 Å². The summed E-state index contributed by atoms with van der Waals surface area (Å²) in [6, 6.07) is 9.19. The lowest BCUT2D eigenvalue weighted by atomic mass is 9.89. The summed E-state index contributed by atoms with van der Waals surface area (Å²) >= 11 is 1.94. The maximum Gasteiger partial charge on any atom is 0.333 e. The van der Waals surface area contributed by atoms with Gasteiger partial charge in [0.05, 0.1) is 17.1 Å². The van der Waals surface area contributed by atoms with Crippen LogP contribution in [0.1, 0.15) is 63.8 Å². The third-order valence-electron chi connectivity index (χ3n) is 8.44. The number of thioether (sulfide) groups is 1. The number of nitrogens with one attached hydrogen (secondary N) is 1. The molecular formula is C29H37FN6OS. The summed E-state index contributed by atoms with van der Waals surface area (Å²) in [6.07, 6.45) is 14.3. The molecule has 2 saturated heterocycles. The molecule has 0 amide bonds. The first-order valence-corrected chi connectivity index (χ1v) is 15.3. The van der Waals surface area contributed by atoms with Crippen LogP contribution in [0.5, 0.6) is 0 Å². The highest BCUT2D eigenvalue weighted by Crippen LogP contribution is 2.30. The summed E-state index contributed by atoms with van der Waals surface area (Å²) in [5.41, 5.74) is 1.93. The molecule has 7 nitrogen and oxygen atoms in total. The number of imidazole rings is 1. The standard InChI is InChI=1S/C29H37FN6OS/c30-21-4-8-25(9-5-21)36-27(20-35(29(36)37)24-13-18-38-19-14-24)26-12-15-31-28(33-26)32-22-6-10-23(11-7-22)34-16-2-1-3-17-34/h4-5,8-9,12,15,20,22-24H,1-3,6-7,10-11,13-14,16-19H2,(H,31,32,33). The van der Waals surface area contributed by atoms with Gasteiger partial charge < -0.3 is 10.2 Å². The number of piperidine rings is 1. The van der Waals surface area contributed by atoms with Crippen molar-refractivity contribution < 1.29 is 4.39 Å². The highest BCUT2D eigenvalue weighted by atomic mass is 32.2. The topological polar surface area (TPSA) is 68.0 Å². The molecule has 9 heteroatoms. The molecule has 0 radical (unpaired) electrons. The molecule has 0 unspecified atom stereocenters. The molecule has 3 aliphatic rings. The Hall–Kier alpha value is -2.65. The molecular weight excluding hydrogens is 499 g/mol. The molecule has 6 rings (SSSR count). The first-order valence-electron chi connectivity index (χ1n) is 14.2. The quantitative estimate of drug-likeness (QED) is 0.448. The zero-order valence-electron chi connectivity index (χ0n) is 21.9. The van der Waals surface area contributed by atoms with Gasteiger partial charge in [0, 0.05) is 30.5 Å². The Morgan fingerprint density at radius 1 is 0.895 bits per heavy atom. The SMILES string of the molecule is O=c1n(C2CCSCC2)cc(-c2ccnc(NC3CCC(N4CCCCC4)CC3)n2)n1-c1ccc(F)cc1. The molecule has 0 spiro atoms. The minimum atomic E-state index is -0.324. The number of halogens is 1. The van der Waals surface area contributed by atoms with Crippen molar-refractivity contribution in [1.29, 1.82) is 0 Å². The number of anilines is 1. The summed E-state index contributed by atoms with van der Waals surface area (Å²) in [7, 11) is 0. The zero-order chi connectivity index (χ0) is 25.9. The van der Waals surface area contributed by atoms with Crippen LogP contribution in [0.15, 0.2) is 47.5 Å². The van der Waals surface area contributed by atoms with Crippen molar-refractivity contribution in [2.24, 2.45) is 0 Å². The largest absolute Gasteiger partial charge is 0.351 e. The summed E-state index contributed by atoms with van der Waals surface area (Å²) in [6.45, 7) is 2.51.